The second-order valence-corrected chi connectivity index (χ2v) is 6.40. The average Bonchev–Trinajstić information content (AvgIpc) is 2.73. The molecule has 0 bridgehead atoms. The summed E-state index contributed by atoms with van der Waals surface area (Å²) in [6, 6.07) is 30.5. The highest BCUT2D eigenvalue weighted by molar-refractivity contribution is 5.87. The second kappa shape index (κ2) is 9.97. The van der Waals surface area contributed by atoms with E-state index >= 15 is 0 Å². The Balaban J connectivity index is 1.62. The van der Waals surface area contributed by atoms with Crippen LogP contribution < -0.4 is 5.32 Å². The standard InChI is InChI=1S/C24H24N2O/c27-24(25-18-21-10-4-1-5-11-21)16-17-26(19-22-12-6-2-7-13-22)20-23-14-8-3-9-15-23/h1-17H,18-20H2,(H,25,27)/b17-16+. The summed E-state index contributed by atoms with van der Waals surface area (Å²) in [6.07, 6.45) is 3.48. The maximum atomic E-state index is 12.2. The summed E-state index contributed by atoms with van der Waals surface area (Å²) >= 11 is 0. The molecule has 3 heteroatoms. The lowest BCUT2D eigenvalue weighted by molar-refractivity contribution is -0.116. The highest BCUT2D eigenvalue weighted by Gasteiger charge is 2.04. The zero-order valence-corrected chi connectivity index (χ0v) is 15.3. The van der Waals surface area contributed by atoms with Gasteiger partial charge in [0.1, 0.15) is 0 Å². The predicted octanol–water partition coefficient (Wildman–Crippen LogP) is 4.52. The fraction of sp³-hybridized carbons (Fsp3) is 0.125. The van der Waals surface area contributed by atoms with Gasteiger partial charge in [0.05, 0.1) is 0 Å². The first-order valence-corrected chi connectivity index (χ1v) is 9.11. The van der Waals surface area contributed by atoms with Gasteiger partial charge in [-0.1, -0.05) is 91.0 Å². The molecule has 136 valence electrons. The van der Waals surface area contributed by atoms with Crippen LogP contribution in [-0.4, -0.2) is 10.8 Å². The van der Waals surface area contributed by atoms with Crippen LogP contribution in [0.2, 0.25) is 0 Å². The second-order valence-electron chi connectivity index (χ2n) is 6.40. The molecule has 0 radical (unpaired) electrons. The molecule has 3 rings (SSSR count). The third kappa shape index (κ3) is 6.48. The summed E-state index contributed by atoms with van der Waals surface area (Å²) in [5.41, 5.74) is 3.51. The van der Waals surface area contributed by atoms with Gasteiger partial charge in [0, 0.05) is 31.9 Å². The molecule has 0 fully saturated rings. The van der Waals surface area contributed by atoms with Gasteiger partial charge in [-0.05, 0) is 16.7 Å². The zero-order valence-electron chi connectivity index (χ0n) is 15.3. The normalized spacial score (nSPS) is 10.7. The van der Waals surface area contributed by atoms with Gasteiger partial charge in [0.15, 0.2) is 0 Å². The van der Waals surface area contributed by atoms with Gasteiger partial charge in [-0.3, -0.25) is 4.79 Å². The highest BCUT2D eigenvalue weighted by Crippen LogP contribution is 2.10. The van der Waals surface area contributed by atoms with E-state index in [1.54, 1.807) is 6.08 Å². The van der Waals surface area contributed by atoms with Crippen LogP contribution in [0.1, 0.15) is 16.7 Å². The lowest BCUT2D eigenvalue weighted by atomic mass is 10.2. The molecule has 0 aliphatic rings. The molecular formula is C24H24N2O. The topological polar surface area (TPSA) is 32.3 Å². The summed E-state index contributed by atoms with van der Waals surface area (Å²) in [5, 5.41) is 2.93. The molecular weight excluding hydrogens is 332 g/mol. The quantitative estimate of drug-likeness (QED) is 0.602. The monoisotopic (exact) mass is 356 g/mol. The summed E-state index contributed by atoms with van der Waals surface area (Å²) in [6.45, 7) is 2.03. The van der Waals surface area contributed by atoms with E-state index in [0.717, 1.165) is 18.7 Å². The number of carbonyl (C=O) groups is 1. The van der Waals surface area contributed by atoms with Gasteiger partial charge in [-0.25, -0.2) is 0 Å². The van der Waals surface area contributed by atoms with Crippen molar-refractivity contribution in [2.45, 2.75) is 19.6 Å². The molecule has 0 saturated heterocycles. The lowest BCUT2D eigenvalue weighted by Gasteiger charge is -2.20. The summed E-state index contributed by atoms with van der Waals surface area (Å²) in [4.78, 5) is 14.3. The molecule has 0 unspecified atom stereocenters. The van der Waals surface area contributed by atoms with Crippen LogP contribution in [0.5, 0.6) is 0 Å². The summed E-state index contributed by atoms with van der Waals surface area (Å²) in [7, 11) is 0. The third-order valence-corrected chi connectivity index (χ3v) is 4.20. The van der Waals surface area contributed by atoms with Crippen LogP contribution in [0.25, 0.3) is 0 Å². The summed E-state index contributed by atoms with van der Waals surface area (Å²) < 4.78 is 0. The van der Waals surface area contributed by atoms with Gasteiger partial charge in [0.25, 0.3) is 0 Å². The molecule has 0 aliphatic carbocycles. The lowest BCUT2D eigenvalue weighted by Crippen LogP contribution is -2.22. The molecule has 1 N–H and O–H groups in total. The molecule has 3 nitrogen and oxygen atoms in total. The third-order valence-electron chi connectivity index (χ3n) is 4.20. The molecule has 0 heterocycles. The van der Waals surface area contributed by atoms with Crippen LogP contribution >= 0.6 is 0 Å². The first kappa shape index (κ1) is 18.5. The average molecular weight is 356 g/mol. The molecule has 0 aromatic heterocycles. The molecule has 1 amide bonds. The van der Waals surface area contributed by atoms with E-state index in [2.05, 4.69) is 34.5 Å². The number of nitrogens with one attached hydrogen (secondary N) is 1. The predicted molar refractivity (Wildman–Crippen MR) is 110 cm³/mol. The number of amides is 1. The van der Waals surface area contributed by atoms with E-state index in [4.69, 9.17) is 0 Å². The zero-order chi connectivity index (χ0) is 18.7. The van der Waals surface area contributed by atoms with Crippen LogP contribution in [0, 0.1) is 0 Å². The number of nitrogens with zero attached hydrogens (tertiary/aromatic N) is 1. The maximum absolute atomic E-state index is 12.2. The van der Waals surface area contributed by atoms with Crippen molar-refractivity contribution in [1.82, 2.24) is 10.2 Å². The molecule has 27 heavy (non-hydrogen) atoms. The van der Waals surface area contributed by atoms with E-state index in [1.807, 2.05) is 72.9 Å². The molecule has 3 aromatic rings. The maximum Gasteiger partial charge on any atom is 0.245 e. The van der Waals surface area contributed by atoms with Crippen molar-refractivity contribution in [3.05, 3.63) is 120 Å². The molecule has 3 aromatic carbocycles. The van der Waals surface area contributed by atoms with E-state index in [-0.39, 0.29) is 5.91 Å². The van der Waals surface area contributed by atoms with E-state index in [0.29, 0.717) is 6.54 Å². The Morgan fingerprint density at radius 2 is 1.15 bits per heavy atom. The fourth-order valence-corrected chi connectivity index (χ4v) is 2.81. The van der Waals surface area contributed by atoms with Gasteiger partial charge in [0.2, 0.25) is 5.91 Å². The van der Waals surface area contributed by atoms with Crippen LogP contribution in [-0.2, 0) is 24.4 Å². The molecule has 0 atom stereocenters. The molecule has 0 aliphatic heterocycles. The Kier molecular flexibility index (Phi) is 6.82. The Bertz CT molecular complexity index is 804. The van der Waals surface area contributed by atoms with Gasteiger partial charge >= 0.3 is 0 Å². The SMILES string of the molecule is O=C(/C=C/N(Cc1ccccc1)Cc1ccccc1)NCc1ccccc1. The smallest absolute Gasteiger partial charge is 0.245 e. The van der Waals surface area contributed by atoms with Gasteiger partial charge in [-0.15, -0.1) is 0 Å². The van der Waals surface area contributed by atoms with Crippen molar-refractivity contribution < 1.29 is 4.79 Å². The van der Waals surface area contributed by atoms with Crippen molar-refractivity contribution in [3.63, 3.8) is 0 Å². The fourth-order valence-electron chi connectivity index (χ4n) is 2.81. The first-order chi connectivity index (χ1) is 13.3. The van der Waals surface area contributed by atoms with Crippen molar-refractivity contribution in [2.24, 2.45) is 0 Å². The van der Waals surface area contributed by atoms with Crippen LogP contribution in [0.4, 0.5) is 0 Å². The van der Waals surface area contributed by atoms with Gasteiger partial charge in [-0.2, -0.15) is 0 Å². The highest BCUT2D eigenvalue weighted by atomic mass is 16.1. The molecule has 0 spiro atoms. The minimum atomic E-state index is -0.0926. The number of carbonyl (C=O) groups excluding carboxylic acids is 1. The Labute approximate surface area is 161 Å². The number of rotatable bonds is 8. The van der Waals surface area contributed by atoms with Crippen LogP contribution in [0.15, 0.2) is 103 Å². The first-order valence-electron chi connectivity index (χ1n) is 9.11. The largest absolute Gasteiger partial charge is 0.369 e. The van der Waals surface area contributed by atoms with E-state index in [9.17, 15) is 4.79 Å². The number of hydrogen-bond donors (Lipinski definition) is 1. The Hall–Kier alpha value is -3.33. The van der Waals surface area contributed by atoms with Crippen molar-refractivity contribution in [3.8, 4) is 0 Å². The van der Waals surface area contributed by atoms with Crippen molar-refractivity contribution in [1.29, 1.82) is 0 Å². The Morgan fingerprint density at radius 1 is 0.704 bits per heavy atom. The van der Waals surface area contributed by atoms with E-state index < -0.39 is 0 Å². The van der Waals surface area contributed by atoms with Crippen LogP contribution in [0.3, 0.4) is 0 Å². The number of hydrogen-bond acceptors (Lipinski definition) is 2. The minimum Gasteiger partial charge on any atom is -0.369 e. The van der Waals surface area contributed by atoms with Crippen molar-refractivity contribution >= 4 is 5.91 Å². The minimum absolute atomic E-state index is 0.0926. The Morgan fingerprint density at radius 3 is 1.63 bits per heavy atom. The molecule has 0 saturated carbocycles. The number of benzene rings is 3. The van der Waals surface area contributed by atoms with E-state index in [1.165, 1.54) is 11.1 Å². The summed E-state index contributed by atoms with van der Waals surface area (Å²) in [5.74, 6) is -0.0926. The van der Waals surface area contributed by atoms with Gasteiger partial charge < -0.3 is 10.2 Å². The van der Waals surface area contributed by atoms with Crippen molar-refractivity contribution in [2.75, 3.05) is 0 Å².